The van der Waals surface area contributed by atoms with Crippen molar-refractivity contribution in [3.63, 3.8) is 0 Å². The summed E-state index contributed by atoms with van der Waals surface area (Å²) < 4.78 is 8.78. The fraction of sp³-hybridized carbons (Fsp3) is 0. The molecule has 0 unspecified atom stereocenters. The maximum absolute atomic E-state index is 4.90. The average Bonchev–Trinajstić information content (AvgIpc) is 1.63. The van der Waals surface area contributed by atoms with Gasteiger partial charge in [-0.15, -0.1) is 0 Å². The molecule has 7 heteroatoms. The molecule has 4 nitrogen and oxygen atoms in total. The van der Waals surface area contributed by atoms with Gasteiger partial charge in [-0.1, -0.05) is 0 Å². The zero-order valence-corrected chi connectivity index (χ0v) is 6.65. The van der Waals surface area contributed by atoms with Crippen LogP contribution in [0, 0.1) is 0 Å². The van der Waals surface area contributed by atoms with E-state index >= 15 is 0 Å². The third kappa shape index (κ3) is 7.73. The second-order valence-corrected chi connectivity index (χ2v) is 2.15. The molecule has 0 rings (SSSR count). The Morgan fingerprint density at radius 3 is 1.67 bits per heavy atom. The van der Waals surface area contributed by atoms with Crippen molar-refractivity contribution >= 4 is 47.1 Å². The minimum Gasteiger partial charge on any atom is -0.362 e. The second kappa shape index (κ2) is 4.59. The van der Waals surface area contributed by atoms with Crippen LogP contribution in [0.5, 0.6) is 0 Å². The first-order valence-electron chi connectivity index (χ1n) is 1.73. The van der Waals surface area contributed by atoms with E-state index in [0.717, 1.165) is 0 Å². The van der Waals surface area contributed by atoms with E-state index in [-0.39, 0.29) is 10.3 Å². The molecule has 0 amide bonds. The third-order valence-electron chi connectivity index (χ3n) is 0.232. The van der Waals surface area contributed by atoms with Gasteiger partial charge >= 0.3 is 0 Å². The summed E-state index contributed by atoms with van der Waals surface area (Å²) in [5.74, 6) is 0. The van der Waals surface area contributed by atoms with Gasteiger partial charge in [0.2, 0.25) is 0 Å². The van der Waals surface area contributed by atoms with E-state index in [2.05, 4.69) is 32.8 Å². The Morgan fingerprint density at radius 2 is 1.44 bits per heavy atom. The summed E-state index contributed by atoms with van der Waals surface area (Å²) in [6, 6.07) is 0. The summed E-state index contributed by atoms with van der Waals surface area (Å²) in [6.07, 6.45) is 0. The predicted molar refractivity (Wildman–Crippen MR) is 43.3 cm³/mol. The largest absolute Gasteiger partial charge is 0.362 e. The minimum atomic E-state index is -0.128. The zero-order valence-electron chi connectivity index (χ0n) is 4.20. The highest BCUT2D eigenvalue weighted by Crippen LogP contribution is 2.02. The highest BCUT2D eigenvalue weighted by atomic mass is 32.2. The van der Waals surface area contributed by atoms with Gasteiger partial charge in [-0.3, -0.25) is 0 Å². The van der Waals surface area contributed by atoms with Crippen molar-refractivity contribution in [2.24, 2.45) is 11.5 Å². The van der Waals surface area contributed by atoms with E-state index < -0.39 is 0 Å². The molecule has 0 saturated heterocycles. The lowest BCUT2D eigenvalue weighted by Gasteiger charge is -1.97. The Labute approximate surface area is 67.3 Å². The molecule has 0 aliphatic heterocycles. The number of hydrogen-bond donors (Lipinski definition) is 2. The highest BCUT2D eigenvalue weighted by molar-refractivity contribution is 7.93. The predicted octanol–water partition coefficient (Wildman–Crippen LogP) is 0.0700. The lowest BCUT2D eigenvalue weighted by Crippen LogP contribution is -2.12. The maximum Gasteiger partial charge on any atom is 0.297 e. The molecule has 0 saturated carbocycles. The van der Waals surface area contributed by atoms with Gasteiger partial charge in [-0.2, -0.15) is 0 Å². The van der Waals surface area contributed by atoms with Crippen LogP contribution in [0.15, 0.2) is 0 Å². The molecule has 0 atom stereocenters. The van der Waals surface area contributed by atoms with Crippen molar-refractivity contribution in [3.05, 3.63) is 0 Å². The van der Waals surface area contributed by atoms with Crippen LogP contribution in [0.3, 0.4) is 0 Å². The van der Waals surface area contributed by atoms with Gasteiger partial charge in [0.15, 0.2) is 0 Å². The lowest BCUT2D eigenvalue weighted by molar-refractivity contribution is 0.540. The SMILES string of the molecule is NC(=S)OSOC(N)=S. The van der Waals surface area contributed by atoms with Crippen LogP contribution in [-0.4, -0.2) is 10.3 Å². The van der Waals surface area contributed by atoms with Crippen molar-refractivity contribution in [1.29, 1.82) is 0 Å². The molecule has 0 radical (unpaired) electrons. The van der Waals surface area contributed by atoms with E-state index in [9.17, 15) is 0 Å². The Morgan fingerprint density at radius 1 is 1.11 bits per heavy atom. The first-order valence-corrected chi connectivity index (χ1v) is 3.21. The van der Waals surface area contributed by atoms with Crippen LogP contribution >= 0.6 is 36.8 Å². The van der Waals surface area contributed by atoms with Crippen LogP contribution in [0.1, 0.15) is 0 Å². The summed E-state index contributed by atoms with van der Waals surface area (Å²) in [4.78, 5) is 0. The quantitative estimate of drug-likeness (QED) is 0.465. The number of hydrogen-bond acceptors (Lipinski definition) is 5. The van der Waals surface area contributed by atoms with Gasteiger partial charge in [0.05, 0.1) is 0 Å². The van der Waals surface area contributed by atoms with E-state index in [0.29, 0.717) is 12.3 Å². The summed E-state index contributed by atoms with van der Waals surface area (Å²) in [5.41, 5.74) is 9.81. The van der Waals surface area contributed by atoms with Gasteiger partial charge in [0, 0.05) is 0 Å². The van der Waals surface area contributed by atoms with E-state index in [1.165, 1.54) is 0 Å². The fourth-order valence-corrected chi connectivity index (χ4v) is 0.419. The van der Waals surface area contributed by atoms with Crippen molar-refractivity contribution in [3.8, 4) is 0 Å². The Hall–Kier alpha value is -0.270. The maximum atomic E-state index is 4.90. The van der Waals surface area contributed by atoms with Crippen LogP contribution in [0.25, 0.3) is 0 Å². The standard InChI is InChI=1S/C2H4N2O2S3/c3-1(7)5-9-6-2(4)8/h(H2,3,7)(H2,4,8). The van der Waals surface area contributed by atoms with E-state index in [1.807, 2.05) is 0 Å². The average molecular weight is 184 g/mol. The van der Waals surface area contributed by atoms with Crippen LogP contribution in [-0.2, 0) is 8.37 Å². The molecule has 0 aliphatic rings. The molecular weight excluding hydrogens is 180 g/mol. The summed E-state index contributed by atoms with van der Waals surface area (Å²) in [7, 11) is 0. The third-order valence-corrected chi connectivity index (χ3v) is 1.11. The smallest absolute Gasteiger partial charge is 0.297 e. The van der Waals surface area contributed by atoms with Gasteiger partial charge in [-0.25, -0.2) is 0 Å². The summed E-state index contributed by atoms with van der Waals surface area (Å²) >= 11 is 9.17. The van der Waals surface area contributed by atoms with E-state index in [4.69, 9.17) is 11.5 Å². The summed E-state index contributed by atoms with van der Waals surface area (Å²) in [6.45, 7) is 0. The molecule has 0 spiro atoms. The molecule has 0 heterocycles. The minimum absolute atomic E-state index is 0.128. The van der Waals surface area contributed by atoms with E-state index in [1.54, 1.807) is 0 Å². The van der Waals surface area contributed by atoms with Crippen molar-refractivity contribution in [1.82, 2.24) is 0 Å². The lowest BCUT2D eigenvalue weighted by atomic mass is 11.4. The van der Waals surface area contributed by atoms with Crippen molar-refractivity contribution in [2.45, 2.75) is 0 Å². The zero-order chi connectivity index (χ0) is 7.28. The normalized spacial score (nSPS) is 8.00. The number of nitrogens with two attached hydrogens (primary N) is 2. The second-order valence-electron chi connectivity index (χ2n) is 0.873. The van der Waals surface area contributed by atoms with Crippen LogP contribution in [0.4, 0.5) is 0 Å². The Bertz CT molecular complexity index is 113. The molecule has 0 aliphatic carbocycles. The molecule has 0 fully saturated rings. The molecule has 9 heavy (non-hydrogen) atoms. The van der Waals surface area contributed by atoms with Crippen molar-refractivity contribution in [2.75, 3.05) is 0 Å². The van der Waals surface area contributed by atoms with Gasteiger partial charge in [-0.05, 0) is 24.4 Å². The number of thiocarbonyl (C=S) groups is 2. The molecule has 52 valence electrons. The van der Waals surface area contributed by atoms with Crippen molar-refractivity contribution < 1.29 is 8.37 Å². The Kier molecular flexibility index (Phi) is 4.46. The number of rotatable bonds is 2. The molecule has 0 aromatic carbocycles. The van der Waals surface area contributed by atoms with Gasteiger partial charge in [0.1, 0.15) is 0 Å². The first-order chi connectivity index (χ1) is 4.13. The Balaban J connectivity index is 3.10. The molecule has 0 aromatic heterocycles. The van der Waals surface area contributed by atoms with Crippen LogP contribution < -0.4 is 11.5 Å². The fourth-order valence-electron chi connectivity index (χ4n) is 0.0841. The molecular formula is C2H4N2O2S3. The molecule has 4 N–H and O–H groups in total. The first kappa shape index (κ1) is 8.73. The topological polar surface area (TPSA) is 70.5 Å². The highest BCUT2D eigenvalue weighted by Gasteiger charge is 1.92. The molecule has 0 bridgehead atoms. The van der Waals surface area contributed by atoms with Gasteiger partial charge < -0.3 is 19.8 Å². The molecule has 0 aromatic rings. The van der Waals surface area contributed by atoms with Crippen LogP contribution in [0.2, 0.25) is 0 Å². The van der Waals surface area contributed by atoms with Gasteiger partial charge in [0.25, 0.3) is 22.7 Å². The monoisotopic (exact) mass is 184 g/mol. The summed E-state index contributed by atoms with van der Waals surface area (Å²) in [5, 5.41) is -0.257.